The van der Waals surface area contributed by atoms with Gasteiger partial charge in [-0.15, -0.1) is 0 Å². The van der Waals surface area contributed by atoms with E-state index in [-0.39, 0.29) is 17.9 Å². The van der Waals surface area contributed by atoms with Crippen molar-refractivity contribution in [3.05, 3.63) is 126 Å². The zero-order valence-corrected chi connectivity index (χ0v) is 17.6. The number of hydrogen-bond acceptors (Lipinski definition) is 4. The van der Waals surface area contributed by atoms with E-state index in [0.29, 0.717) is 5.56 Å². The number of pyridine rings is 2. The van der Waals surface area contributed by atoms with Crippen LogP contribution in [0.4, 0.5) is 10.1 Å². The zero-order chi connectivity index (χ0) is 23.0. The number of amides is 2. The number of carbonyl (C=O) groups is 2. The fraction of sp³-hybridized carbons (Fsp3) is 0.0769. The minimum atomic E-state index is -1.10. The Kier molecular flexibility index (Phi) is 6.80. The maximum absolute atomic E-state index is 14.2. The SMILES string of the molecule is O=C(NCc1ccccc1)[C@@H](c1cccnc1)N(C(=O)c1ccccn1)c1cccc(F)c1. The lowest BCUT2D eigenvalue weighted by Crippen LogP contribution is -2.44. The van der Waals surface area contributed by atoms with Crippen molar-refractivity contribution in [1.82, 2.24) is 15.3 Å². The molecule has 2 aromatic carbocycles. The molecule has 0 bridgehead atoms. The summed E-state index contributed by atoms with van der Waals surface area (Å²) in [6, 6.07) is 22.2. The van der Waals surface area contributed by atoms with E-state index in [4.69, 9.17) is 0 Å². The summed E-state index contributed by atoms with van der Waals surface area (Å²) in [5.74, 6) is -1.49. The first-order valence-corrected chi connectivity index (χ1v) is 10.4. The topological polar surface area (TPSA) is 75.2 Å². The fourth-order valence-corrected chi connectivity index (χ4v) is 3.46. The number of nitrogens with one attached hydrogen (secondary N) is 1. The van der Waals surface area contributed by atoms with Gasteiger partial charge in [0.25, 0.3) is 5.91 Å². The average molecular weight is 440 g/mol. The molecule has 0 unspecified atom stereocenters. The third kappa shape index (κ3) is 5.27. The van der Waals surface area contributed by atoms with Crippen LogP contribution >= 0.6 is 0 Å². The van der Waals surface area contributed by atoms with Gasteiger partial charge >= 0.3 is 0 Å². The van der Waals surface area contributed by atoms with Crippen molar-refractivity contribution >= 4 is 17.5 Å². The summed E-state index contributed by atoms with van der Waals surface area (Å²) < 4.78 is 14.2. The number of anilines is 1. The van der Waals surface area contributed by atoms with Crippen LogP contribution in [0, 0.1) is 5.82 Å². The van der Waals surface area contributed by atoms with E-state index in [0.717, 1.165) is 5.56 Å². The van der Waals surface area contributed by atoms with Crippen LogP contribution in [-0.4, -0.2) is 21.8 Å². The molecule has 0 fully saturated rings. The quantitative estimate of drug-likeness (QED) is 0.464. The normalized spacial score (nSPS) is 11.4. The first kappa shape index (κ1) is 21.8. The Hall–Kier alpha value is -4.39. The van der Waals surface area contributed by atoms with Crippen molar-refractivity contribution in [2.45, 2.75) is 12.6 Å². The third-order valence-corrected chi connectivity index (χ3v) is 5.01. The zero-order valence-electron chi connectivity index (χ0n) is 17.6. The van der Waals surface area contributed by atoms with Crippen molar-refractivity contribution in [3.63, 3.8) is 0 Å². The van der Waals surface area contributed by atoms with Crippen LogP contribution in [0.5, 0.6) is 0 Å². The number of benzene rings is 2. The Balaban J connectivity index is 1.77. The van der Waals surface area contributed by atoms with E-state index in [2.05, 4.69) is 15.3 Å². The van der Waals surface area contributed by atoms with Gasteiger partial charge in [-0.2, -0.15) is 0 Å². The second-order valence-electron chi connectivity index (χ2n) is 7.26. The van der Waals surface area contributed by atoms with Crippen molar-refractivity contribution in [2.24, 2.45) is 0 Å². The average Bonchev–Trinajstić information content (AvgIpc) is 2.87. The van der Waals surface area contributed by atoms with E-state index >= 15 is 0 Å². The number of hydrogen-bond donors (Lipinski definition) is 1. The highest BCUT2D eigenvalue weighted by Gasteiger charge is 2.34. The highest BCUT2D eigenvalue weighted by molar-refractivity contribution is 6.09. The fourth-order valence-electron chi connectivity index (χ4n) is 3.46. The molecular weight excluding hydrogens is 419 g/mol. The second kappa shape index (κ2) is 10.3. The molecule has 1 N–H and O–H groups in total. The van der Waals surface area contributed by atoms with Gasteiger partial charge < -0.3 is 5.32 Å². The summed E-state index contributed by atoms with van der Waals surface area (Å²) in [7, 11) is 0. The van der Waals surface area contributed by atoms with Crippen molar-refractivity contribution in [1.29, 1.82) is 0 Å². The van der Waals surface area contributed by atoms with E-state index < -0.39 is 23.7 Å². The molecule has 0 saturated carbocycles. The monoisotopic (exact) mass is 440 g/mol. The molecule has 2 heterocycles. The minimum absolute atomic E-state index is 0.131. The Morgan fingerprint density at radius 1 is 0.909 bits per heavy atom. The molecule has 0 spiro atoms. The van der Waals surface area contributed by atoms with E-state index in [1.165, 1.54) is 35.5 Å². The molecule has 4 rings (SSSR count). The van der Waals surface area contributed by atoms with Gasteiger partial charge in [-0.25, -0.2) is 4.39 Å². The van der Waals surface area contributed by atoms with Gasteiger partial charge in [0, 0.05) is 36.4 Å². The molecule has 2 aromatic heterocycles. The summed E-state index contributed by atoms with van der Waals surface area (Å²) in [6.45, 7) is 0.269. The Labute approximate surface area is 190 Å². The smallest absolute Gasteiger partial charge is 0.277 e. The Bertz CT molecular complexity index is 1220. The van der Waals surface area contributed by atoms with Crippen LogP contribution in [0.3, 0.4) is 0 Å². The summed E-state index contributed by atoms with van der Waals surface area (Å²) in [5, 5.41) is 2.89. The summed E-state index contributed by atoms with van der Waals surface area (Å²) in [5.41, 5.74) is 1.75. The second-order valence-corrected chi connectivity index (χ2v) is 7.26. The molecule has 0 aliphatic heterocycles. The third-order valence-electron chi connectivity index (χ3n) is 5.01. The van der Waals surface area contributed by atoms with Gasteiger partial charge in [0.05, 0.1) is 0 Å². The molecule has 164 valence electrons. The van der Waals surface area contributed by atoms with Crippen LogP contribution < -0.4 is 10.2 Å². The van der Waals surface area contributed by atoms with Crippen molar-refractivity contribution in [2.75, 3.05) is 4.90 Å². The van der Waals surface area contributed by atoms with Crippen LogP contribution in [0.2, 0.25) is 0 Å². The number of rotatable bonds is 7. The minimum Gasteiger partial charge on any atom is -0.350 e. The van der Waals surface area contributed by atoms with Gasteiger partial charge in [-0.1, -0.05) is 48.5 Å². The van der Waals surface area contributed by atoms with Gasteiger partial charge in [0.2, 0.25) is 5.91 Å². The van der Waals surface area contributed by atoms with Crippen LogP contribution in [-0.2, 0) is 11.3 Å². The molecule has 7 heteroatoms. The molecule has 0 saturated heterocycles. The van der Waals surface area contributed by atoms with Gasteiger partial charge in [-0.3, -0.25) is 24.5 Å². The number of halogens is 1. The Morgan fingerprint density at radius 3 is 2.42 bits per heavy atom. The number of nitrogens with zero attached hydrogens (tertiary/aromatic N) is 3. The molecule has 4 aromatic rings. The first-order valence-electron chi connectivity index (χ1n) is 10.4. The van der Waals surface area contributed by atoms with Crippen molar-refractivity contribution in [3.8, 4) is 0 Å². The molecule has 2 amide bonds. The van der Waals surface area contributed by atoms with Crippen LogP contribution in [0.15, 0.2) is 104 Å². The van der Waals surface area contributed by atoms with E-state index in [9.17, 15) is 14.0 Å². The molecule has 0 radical (unpaired) electrons. The molecule has 0 aliphatic carbocycles. The summed E-state index contributed by atoms with van der Waals surface area (Å²) in [6.07, 6.45) is 4.59. The van der Waals surface area contributed by atoms with E-state index in [1.807, 2.05) is 30.3 Å². The standard InChI is InChI=1S/C26H21FN4O2/c27-21-11-6-12-22(16-21)31(26(33)23-13-4-5-15-29-23)24(20-10-7-14-28-18-20)25(32)30-17-19-8-2-1-3-9-19/h1-16,18,24H,17H2,(H,30,32)/t24-/m1/s1. The van der Waals surface area contributed by atoms with Crippen molar-refractivity contribution < 1.29 is 14.0 Å². The molecular formula is C26H21FN4O2. The lowest BCUT2D eigenvalue weighted by molar-refractivity contribution is -0.122. The van der Waals surface area contributed by atoms with Gasteiger partial charge in [0.1, 0.15) is 17.6 Å². The summed E-state index contributed by atoms with van der Waals surface area (Å²) >= 11 is 0. The van der Waals surface area contributed by atoms with Gasteiger partial charge in [-0.05, 0) is 42.0 Å². The maximum Gasteiger partial charge on any atom is 0.277 e. The highest BCUT2D eigenvalue weighted by atomic mass is 19.1. The molecule has 0 aliphatic rings. The van der Waals surface area contributed by atoms with E-state index in [1.54, 1.807) is 42.6 Å². The highest BCUT2D eigenvalue weighted by Crippen LogP contribution is 2.29. The lowest BCUT2D eigenvalue weighted by Gasteiger charge is -2.31. The Morgan fingerprint density at radius 2 is 1.73 bits per heavy atom. The predicted octanol–water partition coefficient (Wildman–Crippen LogP) is 4.32. The molecule has 1 atom stereocenters. The lowest BCUT2D eigenvalue weighted by atomic mass is 10.0. The van der Waals surface area contributed by atoms with Crippen LogP contribution in [0.1, 0.15) is 27.7 Å². The first-order chi connectivity index (χ1) is 16.1. The molecule has 6 nitrogen and oxygen atoms in total. The van der Waals surface area contributed by atoms with Gasteiger partial charge in [0.15, 0.2) is 0 Å². The summed E-state index contributed by atoms with van der Waals surface area (Å²) in [4.78, 5) is 36.6. The maximum atomic E-state index is 14.2. The predicted molar refractivity (Wildman–Crippen MR) is 123 cm³/mol. The molecule has 33 heavy (non-hydrogen) atoms. The van der Waals surface area contributed by atoms with Crippen LogP contribution in [0.25, 0.3) is 0 Å². The largest absolute Gasteiger partial charge is 0.350 e. The number of carbonyl (C=O) groups excluding carboxylic acids is 2. The number of aromatic nitrogens is 2.